The van der Waals surface area contributed by atoms with Gasteiger partial charge in [-0.1, -0.05) is 23.7 Å². The molecule has 5 nitrogen and oxygen atoms in total. The van der Waals surface area contributed by atoms with Crippen LogP contribution in [0.1, 0.15) is 26.3 Å². The highest BCUT2D eigenvalue weighted by atomic mass is 35.5. The van der Waals surface area contributed by atoms with Crippen molar-refractivity contribution in [2.75, 3.05) is 0 Å². The average molecular weight is 354 g/mol. The Hall–Kier alpha value is -3.05. The first-order valence-corrected chi connectivity index (χ1v) is 7.94. The van der Waals surface area contributed by atoms with Crippen molar-refractivity contribution in [3.63, 3.8) is 0 Å². The van der Waals surface area contributed by atoms with Crippen molar-refractivity contribution >= 4 is 23.4 Å². The lowest BCUT2D eigenvalue weighted by Crippen LogP contribution is -2.29. The highest BCUT2D eigenvalue weighted by Gasteiger charge is 2.35. The molecule has 1 aliphatic rings. The smallest absolute Gasteiger partial charge is 0.261 e. The topological polar surface area (TPSA) is 70.8 Å². The quantitative estimate of drug-likeness (QED) is 0.719. The number of hydrogen-bond acceptors (Lipinski definition) is 4. The monoisotopic (exact) mass is 353 g/mol. The maximum atomic E-state index is 12.5. The van der Waals surface area contributed by atoms with Crippen LogP contribution in [0.25, 0.3) is 11.3 Å². The largest absolute Gasteiger partial charge is 0.506 e. The van der Waals surface area contributed by atoms with Gasteiger partial charge in [0.2, 0.25) is 0 Å². The lowest BCUT2D eigenvalue weighted by Gasteiger charge is -2.15. The maximum Gasteiger partial charge on any atom is 0.261 e. The van der Waals surface area contributed by atoms with Crippen LogP contribution >= 0.6 is 11.6 Å². The van der Waals surface area contributed by atoms with E-state index in [2.05, 4.69) is 0 Å². The maximum absolute atomic E-state index is 12.5. The van der Waals surface area contributed by atoms with Gasteiger partial charge in [0.05, 0.1) is 34.5 Å². The summed E-state index contributed by atoms with van der Waals surface area (Å²) in [6, 6.07) is 13.3. The van der Waals surface area contributed by atoms with Crippen molar-refractivity contribution in [1.29, 1.82) is 0 Å². The second-order valence-electron chi connectivity index (χ2n) is 5.69. The van der Waals surface area contributed by atoms with Crippen molar-refractivity contribution in [2.45, 2.75) is 6.54 Å². The summed E-state index contributed by atoms with van der Waals surface area (Å²) in [5.41, 5.74) is 1.81. The van der Waals surface area contributed by atoms with E-state index in [0.29, 0.717) is 28.0 Å². The van der Waals surface area contributed by atoms with Crippen LogP contribution in [0.2, 0.25) is 5.02 Å². The summed E-state index contributed by atoms with van der Waals surface area (Å²) in [4.78, 5) is 26.1. The molecule has 1 aromatic heterocycles. The number of nitrogens with zero attached hydrogens (tertiary/aromatic N) is 1. The Labute approximate surface area is 148 Å². The number of imide groups is 1. The number of rotatable bonds is 3. The van der Waals surface area contributed by atoms with Crippen LogP contribution in [-0.4, -0.2) is 21.8 Å². The third-order valence-electron chi connectivity index (χ3n) is 4.13. The van der Waals surface area contributed by atoms with Gasteiger partial charge in [0, 0.05) is 0 Å². The van der Waals surface area contributed by atoms with Gasteiger partial charge in [0.15, 0.2) is 0 Å². The van der Waals surface area contributed by atoms with Crippen LogP contribution in [-0.2, 0) is 6.54 Å². The Kier molecular flexibility index (Phi) is 3.58. The predicted molar refractivity (Wildman–Crippen MR) is 91.5 cm³/mol. The summed E-state index contributed by atoms with van der Waals surface area (Å²) >= 11 is 6.10. The van der Waals surface area contributed by atoms with Crippen molar-refractivity contribution in [1.82, 2.24) is 4.90 Å². The van der Waals surface area contributed by atoms with Gasteiger partial charge in [0.1, 0.15) is 11.5 Å². The minimum atomic E-state index is -0.343. The highest BCUT2D eigenvalue weighted by Crippen LogP contribution is 2.37. The van der Waals surface area contributed by atoms with Gasteiger partial charge in [-0.3, -0.25) is 14.5 Å². The molecule has 3 aromatic rings. The molecule has 2 aromatic carbocycles. The van der Waals surface area contributed by atoms with E-state index in [1.54, 1.807) is 42.5 Å². The van der Waals surface area contributed by atoms with E-state index in [1.807, 2.05) is 0 Å². The van der Waals surface area contributed by atoms with E-state index in [-0.39, 0.29) is 29.1 Å². The molecule has 1 aliphatic heterocycles. The summed E-state index contributed by atoms with van der Waals surface area (Å²) in [5.74, 6) is -0.347. The van der Waals surface area contributed by atoms with E-state index in [9.17, 15) is 14.7 Å². The Balaban J connectivity index is 1.71. The second kappa shape index (κ2) is 5.79. The highest BCUT2D eigenvalue weighted by molar-refractivity contribution is 6.32. The van der Waals surface area contributed by atoms with Crippen molar-refractivity contribution in [2.24, 2.45) is 0 Å². The SMILES string of the molecule is O=C1c2ccccc2C(=O)N1Cc1cc(Cl)c(O)c(-c2ccco2)c1. The first-order valence-electron chi connectivity index (χ1n) is 7.57. The third-order valence-corrected chi connectivity index (χ3v) is 4.42. The minimum Gasteiger partial charge on any atom is -0.506 e. The molecular weight excluding hydrogens is 342 g/mol. The molecule has 0 atom stereocenters. The second-order valence-corrected chi connectivity index (χ2v) is 6.10. The number of hydrogen-bond donors (Lipinski definition) is 1. The van der Waals surface area contributed by atoms with Gasteiger partial charge in [-0.25, -0.2) is 0 Å². The number of fused-ring (bicyclic) bond motifs is 1. The molecule has 0 unspecified atom stereocenters. The third kappa shape index (κ3) is 2.49. The zero-order valence-electron chi connectivity index (χ0n) is 12.9. The summed E-state index contributed by atoms with van der Waals surface area (Å²) in [6.07, 6.45) is 1.49. The van der Waals surface area contributed by atoms with Gasteiger partial charge >= 0.3 is 0 Å². The fourth-order valence-electron chi connectivity index (χ4n) is 2.93. The first-order chi connectivity index (χ1) is 12.1. The molecule has 6 heteroatoms. The summed E-state index contributed by atoms with van der Waals surface area (Å²) in [7, 11) is 0. The summed E-state index contributed by atoms with van der Waals surface area (Å²) in [5, 5.41) is 10.3. The first kappa shape index (κ1) is 15.5. The Morgan fingerprint density at radius 2 is 1.64 bits per heavy atom. The molecule has 124 valence electrons. The molecule has 25 heavy (non-hydrogen) atoms. The summed E-state index contributed by atoms with van der Waals surface area (Å²) in [6.45, 7) is 0.0556. The van der Waals surface area contributed by atoms with E-state index in [0.717, 1.165) is 0 Å². The molecule has 0 bridgehead atoms. The molecule has 0 saturated heterocycles. The molecule has 2 heterocycles. The molecule has 0 aliphatic carbocycles. The van der Waals surface area contributed by atoms with E-state index >= 15 is 0 Å². The van der Waals surface area contributed by atoms with Crippen LogP contribution in [0.3, 0.4) is 0 Å². The van der Waals surface area contributed by atoms with Crippen molar-refractivity contribution in [3.8, 4) is 17.1 Å². The Morgan fingerprint density at radius 3 is 2.24 bits per heavy atom. The number of benzene rings is 2. The average Bonchev–Trinajstić information content (AvgIpc) is 3.22. The van der Waals surface area contributed by atoms with Crippen LogP contribution in [0.5, 0.6) is 5.75 Å². The number of carbonyl (C=O) groups excluding carboxylic acids is 2. The molecule has 4 rings (SSSR count). The van der Waals surface area contributed by atoms with Gasteiger partial charge in [-0.15, -0.1) is 0 Å². The van der Waals surface area contributed by atoms with Gasteiger partial charge in [-0.05, 0) is 42.0 Å². The standard InChI is InChI=1S/C19H12ClNO4/c20-15-9-11(8-14(17(15)22)16-6-3-7-25-16)10-21-18(23)12-4-1-2-5-13(12)19(21)24/h1-9,22H,10H2. The Morgan fingerprint density at radius 1 is 0.960 bits per heavy atom. The van der Waals surface area contributed by atoms with E-state index in [1.165, 1.54) is 17.2 Å². The van der Waals surface area contributed by atoms with Crippen LogP contribution in [0, 0.1) is 0 Å². The number of phenolic OH excluding ortho intramolecular Hbond substituents is 1. The fraction of sp³-hybridized carbons (Fsp3) is 0.0526. The Bertz CT molecular complexity index is 960. The minimum absolute atomic E-state index is 0.0556. The fourth-order valence-corrected chi connectivity index (χ4v) is 3.17. The van der Waals surface area contributed by atoms with Crippen LogP contribution in [0.4, 0.5) is 0 Å². The van der Waals surface area contributed by atoms with Crippen LogP contribution < -0.4 is 0 Å². The number of amides is 2. The zero-order chi connectivity index (χ0) is 17.6. The van der Waals surface area contributed by atoms with Crippen LogP contribution in [0.15, 0.2) is 59.2 Å². The van der Waals surface area contributed by atoms with E-state index < -0.39 is 0 Å². The molecule has 0 spiro atoms. The molecule has 0 saturated carbocycles. The van der Waals surface area contributed by atoms with Gasteiger partial charge < -0.3 is 9.52 Å². The lowest BCUT2D eigenvalue weighted by atomic mass is 10.1. The van der Waals surface area contributed by atoms with E-state index in [4.69, 9.17) is 16.0 Å². The zero-order valence-corrected chi connectivity index (χ0v) is 13.7. The number of halogens is 1. The number of phenols is 1. The lowest BCUT2D eigenvalue weighted by molar-refractivity contribution is 0.0642. The molecular formula is C19H12ClNO4. The number of carbonyl (C=O) groups is 2. The number of furan rings is 1. The normalized spacial score (nSPS) is 13.4. The van der Waals surface area contributed by atoms with Gasteiger partial charge in [0.25, 0.3) is 11.8 Å². The molecule has 0 fully saturated rings. The van der Waals surface area contributed by atoms with Crippen molar-refractivity contribution < 1.29 is 19.1 Å². The predicted octanol–water partition coefficient (Wildman–Crippen LogP) is 4.10. The molecule has 2 amide bonds. The van der Waals surface area contributed by atoms with Crippen molar-refractivity contribution in [3.05, 3.63) is 76.5 Å². The van der Waals surface area contributed by atoms with Gasteiger partial charge in [-0.2, -0.15) is 0 Å². The number of aromatic hydroxyl groups is 1. The molecule has 1 N–H and O–H groups in total. The summed E-state index contributed by atoms with van der Waals surface area (Å²) < 4.78 is 5.31. The molecule has 0 radical (unpaired) electrons.